The van der Waals surface area contributed by atoms with Crippen LogP contribution in [0.4, 0.5) is 0 Å². The van der Waals surface area contributed by atoms with Gasteiger partial charge in [0.15, 0.2) is 0 Å². The summed E-state index contributed by atoms with van der Waals surface area (Å²) in [7, 11) is 0. The number of allylic oxidation sites excluding steroid dienone is 3. The average molecular weight is 443 g/mol. The van der Waals surface area contributed by atoms with Crippen LogP contribution >= 0.6 is 0 Å². The topological polar surface area (TPSA) is 71.5 Å². The molecule has 0 aliphatic heterocycles. The standard InChI is InChI=1S/C28H30N2O3/c1-5-23-22-14-19(4)17-28(23,24-11-12-26(31)30-25(24)16-22)29-13-7-9-20-8-6-10-21(15-20)27(32)33-18(2)3/h5-15,18,22H,16-17H2,1-4H3,(H,30,31)/b9-7+,23-5?,29-13?. The Balaban J connectivity index is 1.66. The first-order chi connectivity index (χ1) is 15.8. The van der Waals surface area contributed by atoms with Crippen LogP contribution in [-0.4, -0.2) is 23.3 Å². The van der Waals surface area contributed by atoms with E-state index in [-0.39, 0.29) is 23.6 Å². The summed E-state index contributed by atoms with van der Waals surface area (Å²) < 4.78 is 5.29. The lowest BCUT2D eigenvalue weighted by molar-refractivity contribution is 0.0378. The number of pyridine rings is 1. The molecule has 1 aromatic carbocycles. The first-order valence-corrected chi connectivity index (χ1v) is 11.4. The number of nitrogens with one attached hydrogen (secondary N) is 1. The fourth-order valence-electron chi connectivity index (χ4n) is 5.03. The molecule has 33 heavy (non-hydrogen) atoms. The van der Waals surface area contributed by atoms with Gasteiger partial charge >= 0.3 is 5.97 Å². The van der Waals surface area contributed by atoms with Gasteiger partial charge in [-0.2, -0.15) is 0 Å². The molecule has 0 fully saturated rings. The number of esters is 1. The molecule has 5 heteroatoms. The van der Waals surface area contributed by atoms with E-state index in [4.69, 9.17) is 9.73 Å². The van der Waals surface area contributed by atoms with Gasteiger partial charge in [-0.25, -0.2) is 4.79 Å². The highest BCUT2D eigenvalue weighted by Gasteiger charge is 2.46. The van der Waals surface area contributed by atoms with Gasteiger partial charge in [-0.1, -0.05) is 35.9 Å². The van der Waals surface area contributed by atoms with E-state index in [9.17, 15) is 9.59 Å². The Morgan fingerprint density at radius 2 is 2.09 bits per heavy atom. The molecule has 2 aromatic rings. The second-order valence-corrected chi connectivity index (χ2v) is 9.04. The maximum absolute atomic E-state index is 12.2. The smallest absolute Gasteiger partial charge is 0.338 e. The van der Waals surface area contributed by atoms with Crippen molar-refractivity contribution in [2.24, 2.45) is 10.9 Å². The number of fused-ring (bicyclic) bond motifs is 4. The predicted octanol–water partition coefficient (Wildman–Crippen LogP) is 5.39. The first-order valence-electron chi connectivity index (χ1n) is 11.4. The number of hydrogen-bond acceptors (Lipinski definition) is 4. The highest BCUT2D eigenvalue weighted by atomic mass is 16.5. The van der Waals surface area contributed by atoms with Crippen molar-refractivity contribution in [3.05, 3.63) is 98.5 Å². The summed E-state index contributed by atoms with van der Waals surface area (Å²) in [6.07, 6.45) is 11.5. The molecule has 2 aliphatic carbocycles. The van der Waals surface area contributed by atoms with E-state index in [0.29, 0.717) is 5.56 Å². The molecule has 4 rings (SSSR count). The van der Waals surface area contributed by atoms with Crippen molar-refractivity contribution in [1.82, 2.24) is 4.98 Å². The normalized spacial score (nSPS) is 23.2. The fourth-order valence-corrected chi connectivity index (χ4v) is 5.03. The summed E-state index contributed by atoms with van der Waals surface area (Å²) in [6.45, 7) is 7.89. The van der Waals surface area contributed by atoms with Crippen molar-refractivity contribution in [2.75, 3.05) is 0 Å². The second kappa shape index (κ2) is 9.18. The van der Waals surface area contributed by atoms with Crippen LogP contribution in [0.25, 0.3) is 6.08 Å². The highest BCUT2D eigenvalue weighted by molar-refractivity contribution is 5.90. The molecule has 0 radical (unpaired) electrons. The number of rotatable bonds is 5. The Morgan fingerprint density at radius 1 is 1.27 bits per heavy atom. The molecule has 1 N–H and O–H groups in total. The number of aromatic nitrogens is 1. The van der Waals surface area contributed by atoms with E-state index in [1.165, 1.54) is 11.1 Å². The van der Waals surface area contributed by atoms with E-state index < -0.39 is 5.54 Å². The van der Waals surface area contributed by atoms with Gasteiger partial charge in [0.05, 0.1) is 11.7 Å². The van der Waals surface area contributed by atoms with Gasteiger partial charge in [-0.15, -0.1) is 0 Å². The molecule has 170 valence electrons. The Labute approximate surface area is 194 Å². The summed E-state index contributed by atoms with van der Waals surface area (Å²) in [5.41, 5.74) is 5.46. The lowest BCUT2D eigenvalue weighted by atomic mass is 9.63. The van der Waals surface area contributed by atoms with E-state index >= 15 is 0 Å². The minimum atomic E-state index is -0.511. The van der Waals surface area contributed by atoms with Gasteiger partial charge in [0, 0.05) is 35.9 Å². The minimum Gasteiger partial charge on any atom is -0.459 e. The lowest BCUT2D eigenvalue weighted by Gasteiger charge is -2.45. The zero-order valence-corrected chi connectivity index (χ0v) is 19.6. The molecule has 1 heterocycles. The molecule has 0 saturated carbocycles. The maximum atomic E-state index is 12.2. The van der Waals surface area contributed by atoms with E-state index in [1.54, 1.807) is 12.1 Å². The fraction of sp³-hybridized carbons (Fsp3) is 0.321. The van der Waals surface area contributed by atoms with Gasteiger partial charge in [0.2, 0.25) is 5.56 Å². The molecule has 0 saturated heterocycles. The first kappa shape index (κ1) is 22.7. The number of carbonyl (C=O) groups excluding carboxylic acids is 1. The number of ether oxygens (including phenoxy) is 1. The third kappa shape index (κ3) is 4.54. The second-order valence-electron chi connectivity index (χ2n) is 9.04. The zero-order chi connectivity index (χ0) is 23.6. The van der Waals surface area contributed by atoms with Gasteiger partial charge < -0.3 is 9.72 Å². The molecule has 0 amide bonds. The molecule has 2 aliphatic rings. The van der Waals surface area contributed by atoms with Crippen LogP contribution in [-0.2, 0) is 16.7 Å². The van der Waals surface area contributed by atoms with E-state index in [1.807, 2.05) is 56.5 Å². The van der Waals surface area contributed by atoms with E-state index in [0.717, 1.165) is 29.7 Å². The number of carbonyl (C=O) groups is 1. The third-order valence-corrected chi connectivity index (χ3v) is 6.21. The van der Waals surface area contributed by atoms with Crippen molar-refractivity contribution in [3.8, 4) is 0 Å². The maximum Gasteiger partial charge on any atom is 0.338 e. The van der Waals surface area contributed by atoms with E-state index in [2.05, 4.69) is 31.0 Å². The Bertz CT molecular complexity index is 1250. The number of hydrogen-bond donors (Lipinski definition) is 1. The Morgan fingerprint density at radius 3 is 2.85 bits per heavy atom. The van der Waals surface area contributed by atoms with Crippen molar-refractivity contribution in [2.45, 2.75) is 52.2 Å². The van der Waals surface area contributed by atoms with Crippen LogP contribution in [0.2, 0.25) is 0 Å². The molecule has 0 spiro atoms. The molecule has 1 aromatic heterocycles. The minimum absolute atomic E-state index is 0.0775. The summed E-state index contributed by atoms with van der Waals surface area (Å²) in [5, 5.41) is 0. The van der Waals surface area contributed by atoms with Crippen LogP contribution in [0.15, 0.2) is 75.6 Å². The monoisotopic (exact) mass is 442 g/mol. The molecular formula is C28H30N2O3. The highest BCUT2D eigenvalue weighted by Crippen LogP contribution is 2.51. The molecule has 2 unspecified atom stereocenters. The van der Waals surface area contributed by atoms with Gasteiger partial charge in [0.1, 0.15) is 5.54 Å². The number of benzene rings is 1. The van der Waals surface area contributed by atoms with Crippen molar-refractivity contribution >= 4 is 18.3 Å². The largest absolute Gasteiger partial charge is 0.459 e. The lowest BCUT2D eigenvalue weighted by Crippen LogP contribution is -2.40. The van der Waals surface area contributed by atoms with Crippen LogP contribution in [0.5, 0.6) is 0 Å². The number of nitrogens with zero attached hydrogens (tertiary/aromatic N) is 1. The predicted molar refractivity (Wildman–Crippen MR) is 133 cm³/mol. The van der Waals surface area contributed by atoms with Gasteiger partial charge in [-0.05, 0) is 69.5 Å². The SMILES string of the molecule is CC=C1C2C=C(C)CC1(N=C/C=C/c1cccc(C(=O)OC(C)C)c1)c1ccc(=O)[nH]c1C2. The average Bonchev–Trinajstić information content (AvgIpc) is 2.76. The van der Waals surface area contributed by atoms with Crippen LogP contribution < -0.4 is 5.56 Å². The summed E-state index contributed by atoms with van der Waals surface area (Å²) in [5.74, 6) is -0.0899. The molecule has 2 atom stereocenters. The Hall–Kier alpha value is -3.47. The summed E-state index contributed by atoms with van der Waals surface area (Å²) in [4.78, 5) is 32.3. The molecular weight excluding hydrogens is 412 g/mol. The van der Waals surface area contributed by atoms with Crippen molar-refractivity contribution < 1.29 is 9.53 Å². The van der Waals surface area contributed by atoms with Gasteiger partial charge in [-0.3, -0.25) is 9.79 Å². The van der Waals surface area contributed by atoms with Crippen molar-refractivity contribution in [1.29, 1.82) is 0 Å². The van der Waals surface area contributed by atoms with Crippen LogP contribution in [0.3, 0.4) is 0 Å². The number of aromatic amines is 1. The molecule has 5 nitrogen and oxygen atoms in total. The Kier molecular flexibility index (Phi) is 6.32. The van der Waals surface area contributed by atoms with Crippen LogP contribution in [0, 0.1) is 5.92 Å². The zero-order valence-electron chi connectivity index (χ0n) is 19.6. The van der Waals surface area contributed by atoms with Crippen LogP contribution in [0.1, 0.15) is 61.3 Å². The third-order valence-electron chi connectivity index (χ3n) is 6.21. The van der Waals surface area contributed by atoms with Crippen molar-refractivity contribution in [3.63, 3.8) is 0 Å². The number of H-pyrrole nitrogens is 1. The molecule has 2 bridgehead atoms. The number of aliphatic imine (C=N–C) groups is 1. The quantitative estimate of drug-likeness (QED) is 0.383. The summed E-state index contributed by atoms with van der Waals surface area (Å²) in [6, 6.07) is 10.9. The van der Waals surface area contributed by atoms with Gasteiger partial charge in [0.25, 0.3) is 0 Å². The summed E-state index contributed by atoms with van der Waals surface area (Å²) >= 11 is 0.